The Morgan fingerprint density at radius 3 is 2.13 bits per heavy atom. The van der Waals surface area contributed by atoms with E-state index >= 15 is 0 Å². The van der Waals surface area contributed by atoms with Crippen molar-refractivity contribution in [3.8, 4) is 0 Å². The fraction of sp³-hybridized carbons (Fsp3) is 0.341. The monoisotopic (exact) mass is 870 g/mol. The van der Waals surface area contributed by atoms with Gasteiger partial charge in [0, 0.05) is 52.4 Å². The Hall–Kier alpha value is -6.88. The van der Waals surface area contributed by atoms with E-state index in [2.05, 4.69) is 36.6 Å². The molecule has 2 heterocycles. The summed E-state index contributed by atoms with van der Waals surface area (Å²) in [5, 5.41) is 24.8. The maximum Gasteiger partial charge on any atom is 0.408 e. The van der Waals surface area contributed by atoms with E-state index in [-0.39, 0.29) is 38.1 Å². The van der Waals surface area contributed by atoms with Crippen LogP contribution in [-0.2, 0) is 41.6 Å². The summed E-state index contributed by atoms with van der Waals surface area (Å²) in [6.45, 7) is 5.17. The van der Waals surface area contributed by atoms with Crippen LogP contribution in [0.3, 0.4) is 0 Å². The van der Waals surface area contributed by atoms with E-state index in [9.17, 15) is 38.7 Å². The SMILES string of the molecule is CC(C)(C)OC(=O)N[C@@H](Cc1c[nH]c2ccccc12)C(=O)N[C@@H](CCCCNC(=O)c1cc2cc(Cl)ccc2[nH]1)C(=O)N[C@@H](CC(=O)O)C(=O)N[C@@H](Cc1ccccc1)C(N)=O. The van der Waals surface area contributed by atoms with Crippen LogP contribution < -0.4 is 32.3 Å². The zero-order chi connectivity index (χ0) is 45.0. The molecule has 17 nitrogen and oxygen atoms in total. The molecule has 328 valence electrons. The van der Waals surface area contributed by atoms with Crippen molar-refractivity contribution in [1.29, 1.82) is 0 Å². The molecule has 0 aliphatic rings. The number of aromatic amines is 2. The summed E-state index contributed by atoms with van der Waals surface area (Å²) >= 11 is 6.09. The maximum atomic E-state index is 14.2. The molecule has 4 atom stereocenters. The standard InChI is InChI=1S/C44H51ClN8O9/c1-44(2,3)62-43(61)53-35(22-27-24-48-31-14-8-7-13-29(27)31)41(59)50-32(15-9-10-18-47-39(57)34-21-26-20-28(45)16-17-30(26)49-34)40(58)52-36(23-37(54)55)42(60)51-33(38(46)56)19-25-11-5-4-6-12-25/h4-8,11-14,16-17,20-21,24,32-33,35-36,48-49H,9-10,15,18-19,22-23H2,1-3H3,(H2,46,56)(H,47,57)(H,50,59)(H,51,60)(H,52,58)(H,53,61)(H,54,55)/t32-,33-,35-,36-/m0/s1. The largest absolute Gasteiger partial charge is 0.481 e. The first-order valence-electron chi connectivity index (χ1n) is 20.0. The first-order chi connectivity index (χ1) is 29.4. The van der Waals surface area contributed by atoms with Crippen molar-refractivity contribution in [3.63, 3.8) is 0 Å². The lowest BCUT2D eigenvalue weighted by Gasteiger charge is -2.27. The van der Waals surface area contributed by atoms with Crippen LogP contribution in [0.25, 0.3) is 21.8 Å². The molecule has 5 aromatic rings. The number of hydrogen-bond acceptors (Lipinski definition) is 8. The zero-order valence-corrected chi connectivity index (χ0v) is 35.3. The number of fused-ring (bicyclic) bond motifs is 2. The molecule has 0 aliphatic heterocycles. The van der Waals surface area contributed by atoms with Crippen molar-refractivity contribution in [2.75, 3.05) is 6.54 Å². The van der Waals surface area contributed by atoms with Crippen molar-refractivity contribution in [2.45, 2.75) is 89.1 Å². The van der Waals surface area contributed by atoms with Gasteiger partial charge in [-0.15, -0.1) is 0 Å². The van der Waals surface area contributed by atoms with Gasteiger partial charge in [-0.1, -0.05) is 60.1 Å². The van der Waals surface area contributed by atoms with Gasteiger partial charge in [-0.3, -0.25) is 28.8 Å². The lowest BCUT2D eigenvalue weighted by molar-refractivity contribution is -0.141. The van der Waals surface area contributed by atoms with Crippen LogP contribution in [0.5, 0.6) is 0 Å². The van der Waals surface area contributed by atoms with Gasteiger partial charge in [0.25, 0.3) is 5.91 Å². The van der Waals surface area contributed by atoms with E-state index in [1.165, 1.54) is 0 Å². The fourth-order valence-electron chi connectivity index (χ4n) is 6.72. The summed E-state index contributed by atoms with van der Waals surface area (Å²) < 4.78 is 5.45. The molecule has 3 aromatic carbocycles. The minimum Gasteiger partial charge on any atom is -0.481 e. The number of rotatable bonds is 20. The number of carboxylic acids is 1. The van der Waals surface area contributed by atoms with Crippen LogP contribution >= 0.6 is 11.6 Å². The molecule has 0 radical (unpaired) electrons. The number of halogens is 1. The number of benzene rings is 3. The quantitative estimate of drug-likeness (QED) is 0.0511. The number of amides is 6. The van der Waals surface area contributed by atoms with E-state index in [4.69, 9.17) is 22.1 Å². The highest BCUT2D eigenvalue weighted by molar-refractivity contribution is 6.31. The maximum absolute atomic E-state index is 14.2. The van der Waals surface area contributed by atoms with Gasteiger partial charge in [-0.2, -0.15) is 0 Å². The number of primary amides is 1. The number of para-hydroxylation sites is 1. The van der Waals surface area contributed by atoms with Gasteiger partial charge < -0.3 is 52.1 Å². The Labute approximate surface area is 362 Å². The zero-order valence-electron chi connectivity index (χ0n) is 34.5. The molecule has 0 saturated carbocycles. The topological polar surface area (TPSA) is 267 Å². The number of carbonyl (C=O) groups is 7. The lowest BCUT2D eigenvalue weighted by Crippen LogP contribution is -2.59. The predicted octanol–water partition coefficient (Wildman–Crippen LogP) is 4.00. The molecule has 0 aliphatic carbocycles. The number of unbranched alkanes of at least 4 members (excludes halogenated alkanes) is 1. The van der Waals surface area contributed by atoms with E-state index in [1.807, 2.05) is 24.3 Å². The van der Waals surface area contributed by atoms with E-state index < -0.39 is 71.9 Å². The predicted molar refractivity (Wildman–Crippen MR) is 232 cm³/mol. The number of nitrogens with two attached hydrogens (primary N) is 1. The molecule has 2 aromatic heterocycles. The van der Waals surface area contributed by atoms with E-state index in [0.29, 0.717) is 28.3 Å². The molecule has 0 spiro atoms. The summed E-state index contributed by atoms with van der Waals surface area (Å²) in [4.78, 5) is 98.3. The van der Waals surface area contributed by atoms with E-state index in [1.54, 1.807) is 81.6 Å². The van der Waals surface area contributed by atoms with Gasteiger partial charge in [0.2, 0.25) is 23.6 Å². The molecule has 5 rings (SSSR count). The summed E-state index contributed by atoms with van der Waals surface area (Å²) in [5.41, 5.74) is 7.88. The van der Waals surface area contributed by atoms with Gasteiger partial charge in [0.1, 0.15) is 35.5 Å². The van der Waals surface area contributed by atoms with Gasteiger partial charge in [0.15, 0.2) is 0 Å². The summed E-state index contributed by atoms with van der Waals surface area (Å²) in [6, 6.07) is 17.3. The molecule has 0 bridgehead atoms. The molecule has 18 heteroatoms. The average Bonchev–Trinajstić information content (AvgIpc) is 3.82. The van der Waals surface area contributed by atoms with Crippen molar-refractivity contribution < 1.29 is 43.4 Å². The first kappa shape index (κ1) is 46.2. The second-order valence-electron chi connectivity index (χ2n) is 15.8. The lowest BCUT2D eigenvalue weighted by atomic mass is 10.0. The molecule has 6 amide bonds. The minimum absolute atomic E-state index is 0.00195. The van der Waals surface area contributed by atoms with Crippen molar-refractivity contribution in [1.82, 2.24) is 36.6 Å². The van der Waals surface area contributed by atoms with Gasteiger partial charge in [0.05, 0.1) is 6.42 Å². The molecule has 10 N–H and O–H groups in total. The molecule has 0 unspecified atom stereocenters. The smallest absolute Gasteiger partial charge is 0.408 e. The molecular weight excluding hydrogens is 820 g/mol. The number of ether oxygens (including phenoxy) is 1. The second kappa shape index (κ2) is 21.1. The fourth-order valence-corrected chi connectivity index (χ4v) is 6.90. The van der Waals surface area contributed by atoms with Crippen molar-refractivity contribution >= 4 is 75.0 Å². The number of nitrogens with one attached hydrogen (secondary N) is 7. The Kier molecular flexibility index (Phi) is 15.7. The number of aromatic nitrogens is 2. The summed E-state index contributed by atoms with van der Waals surface area (Å²) in [7, 11) is 0. The number of hydrogen-bond donors (Lipinski definition) is 9. The normalized spacial score (nSPS) is 13.3. The Morgan fingerprint density at radius 2 is 1.42 bits per heavy atom. The average molecular weight is 871 g/mol. The Morgan fingerprint density at radius 1 is 0.758 bits per heavy atom. The Balaban J connectivity index is 1.34. The van der Waals surface area contributed by atoms with Gasteiger partial charge >= 0.3 is 12.1 Å². The van der Waals surface area contributed by atoms with Crippen molar-refractivity contribution in [2.24, 2.45) is 5.73 Å². The van der Waals surface area contributed by atoms with Crippen LogP contribution in [0.1, 0.15) is 68.1 Å². The van der Waals surface area contributed by atoms with Crippen molar-refractivity contribution in [3.05, 3.63) is 107 Å². The highest BCUT2D eigenvalue weighted by atomic mass is 35.5. The van der Waals surface area contributed by atoms with Crippen LogP contribution in [-0.4, -0.2) is 93.0 Å². The number of carbonyl (C=O) groups excluding carboxylic acids is 6. The van der Waals surface area contributed by atoms with Crippen LogP contribution in [0.4, 0.5) is 4.79 Å². The highest BCUT2D eigenvalue weighted by Crippen LogP contribution is 2.21. The molecule has 62 heavy (non-hydrogen) atoms. The minimum atomic E-state index is -1.69. The van der Waals surface area contributed by atoms with E-state index in [0.717, 1.165) is 21.8 Å². The second-order valence-corrected chi connectivity index (χ2v) is 16.2. The summed E-state index contributed by atoms with van der Waals surface area (Å²) in [6.07, 6.45) is 0.489. The third-order valence-corrected chi connectivity index (χ3v) is 9.96. The van der Waals surface area contributed by atoms with Crippen LogP contribution in [0, 0.1) is 0 Å². The molecule has 0 saturated heterocycles. The third-order valence-electron chi connectivity index (χ3n) is 9.73. The molecule has 0 fully saturated rings. The number of alkyl carbamates (subject to hydrolysis) is 1. The van der Waals surface area contributed by atoms with Gasteiger partial charge in [-0.05, 0) is 81.5 Å². The van der Waals surface area contributed by atoms with Crippen LogP contribution in [0.2, 0.25) is 5.02 Å². The third kappa shape index (κ3) is 13.6. The van der Waals surface area contributed by atoms with Gasteiger partial charge in [-0.25, -0.2) is 4.79 Å². The van der Waals surface area contributed by atoms with Crippen LogP contribution in [0.15, 0.2) is 85.1 Å². The number of aliphatic carboxylic acids is 1. The Bertz CT molecular complexity index is 2410. The number of H-pyrrole nitrogens is 2. The molecular formula is C44H51ClN8O9. The highest BCUT2D eigenvalue weighted by Gasteiger charge is 2.33. The number of carboxylic acid groups (broad SMARTS) is 1. The first-order valence-corrected chi connectivity index (χ1v) is 20.4. The summed E-state index contributed by atoms with van der Waals surface area (Å²) in [5.74, 6) is -5.37.